The van der Waals surface area contributed by atoms with Crippen molar-refractivity contribution in [2.24, 2.45) is 0 Å². The summed E-state index contributed by atoms with van der Waals surface area (Å²) in [6, 6.07) is 4.22. The van der Waals surface area contributed by atoms with Crippen LogP contribution < -0.4 is 5.32 Å². The molecule has 0 amide bonds. The summed E-state index contributed by atoms with van der Waals surface area (Å²) in [7, 11) is 0. The summed E-state index contributed by atoms with van der Waals surface area (Å²) in [5.74, 6) is -1.56. The van der Waals surface area contributed by atoms with Crippen molar-refractivity contribution in [1.29, 1.82) is 0 Å². The van der Waals surface area contributed by atoms with E-state index in [4.69, 9.17) is 4.74 Å². The third-order valence-corrected chi connectivity index (χ3v) is 2.74. The number of halogens is 2. The summed E-state index contributed by atoms with van der Waals surface area (Å²) >= 11 is 0. The quantitative estimate of drug-likeness (QED) is 0.851. The lowest BCUT2D eigenvalue weighted by molar-refractivity contribution is 0.110. The zero-order chi connectivity index (χ0) is 11.4. The smallest absolute Gasteiger partial charge is 0.163 e. The summed E-state index contributed by atoms with van der Waals surface area (Å²) in [4.78, 5) is 0. The van der Waals surface area contributed by atoms with E-state index < -0.39 is 11.6 Å². The van der Waals surface area contributed by atoms with Crippen LogP contribution in [-0.2, 0) is 11.3 Å². The molecule has 1 heterocycles. The van der Waals surface area contributed by atoms with Gasteiger partial charge in [0, 0.05) is 25.3 Å². The molecule has 1 aromatic rings. The van der Waals surface area contributed by atoms with Gasteiger partial charge < -0.3 is 10.1 Å². The molecular weight excluding hydrogens is 212 g/mol. The fraction of sp³-hybridized carbons (Fsp3) is 0.500. The largest absolute Gasteiger partial charge is 0.377 e. The van der Waals surface area contributed by atoms with E-state index in [1.54, 1.807) is 6.07 Å². The minimum absolute atomic E-state index is 0.219. The molecule has 2 nitrogen and oxygen atoms in total. The van der Waals surface area contributed by atoms with E-state index in [9.17, 15) is 8.78 Å². The van der Waals surface area contributed by atoms with Crippen molar-refractivity contribution in [3.63, 3.8) is 0 Å². The van der Waals surface area contributed by atoms with Gasteiger partial charge in [0.05, 0.1) is 6.10 Å². The monoisotopic (exact) mass is 227 g/mol. The summed E-state index contributed by atoms with van der Waals surface area (Å²) in [6.07, 6.45) is 2.34. The molecule has 0 radical (unpaired) electrons. The molecule has 1 aliphatic rings. The Bertz CT molecular complexity index is 351. The topological polar surface area (TPSA) is 21.3 Å². The third kappa shape index (κ3) is 2.77. The van der Waals surface area contributed by atoms with Gasteiger partial charge in [-0.3, -0.25) is 0 Å². The maximum absolute atomic E-state index is 13.3. The zero-order valence-electron chi connectivity index (χ0n) is 9.01. The van der Waals surface area contributed by atoms with Gasteiger partial charge in [-0.05, 0) is 18.9 Å². The van der Waals surface area contributed by atoms with Crippen LogP contribution in [0, 0.1) is 11.6 Å². The molecule has 0 aliphatic carbocycles. The van der Waals surface area contributed by atoms with Crippen molar-refractivity contribution in [3.8, 4) is 0 Å². The first-order chi connectivity index (χ1) is 7.77. The number of hydrogen-bond acceptors (Lipinski definition) is 2. The Morgan fingerprint density at radius 1 is 1.38 bits per heavy atom. The molecular formula is C12H15F2NO. The van der Waals surface area contributed by atoms with Crippen LogP contribution in [0.5, 0.6) is 0 Å². The van der Waals surface area contributed by atoms with Crippen molar-refractivity contribution in [2.75, 3.05) is 13.2 Å². The standard InChI is InChI=1S/C12H15F2NO/c13-11-5-1-3-9(12(11)14)7-15-8-10-4-2-6-16-10/h1,3,5,10,15H,2,4,6-8H2. The molecule has 4 heteroatoms. The Morgan fingerprint density at radius 3 is 3.00 bits per heavy atom. The van der Waals surface area contributed by atoms with Gasteiger partial charge in [-0.2, -0.15) is 0 Å². The van der Waals surface area contributed by atoms with Gasteiger partial charge in [0.1, 0.15) is 0 Å². The van der Waals surface area contributed by atoms with Crippen LogP contribution in [0.3, 0.4) is 0 Å². The molecule has 0 aromatic heterocycles. The predicted molar refractivity (Wildman–Crippen MR) is 57.0 cm³/mol. The van der Waals surface area contributed by atoms with Crippen molar-refractivity contribution in [1.82, 2.24) is 5.32 Å². The van der Waals surface area contributed by atoms with E-state index >= 15 is 0 Å². The summed E-state index contributed by atoms with van der Waals surface area (Å²) < 4.78 is 31.6. The van der Waals surface area contributed by atoms with Crippen molar-refractivity contribution in [3.05, 3.63) is 35.4 Å². The normalized spacial score (nSPS) is 20.2. The molecule has 1 unspecified atom stereocenters. The van der Waals surface area contributed by atoms with Gasteiger partial charge in [0.2, 0.25) is 0 Å². The highest BCUT2D eigenvalue weighted by Gasteiger charge is 2.15. The van der Waals surface area contributed by atoms with E-state index in [2.05, 4.69) is 5.32 Å². The zero-order valence-corrected chi connectivity index (χ0v) is 9.01. The highest BCUT2D eigenvalue weighted by Crippen LogP contribution is 2.13. The van der Waals surface area contributed by atoms with Crippen LogP contribution in [0.2, 0.25) is 0 Å². The van der Waals surface area contributed by atoms with Crippen LogP contribution in [0.4, 0.5) is 8.78 Å². The average molecular weight is 227 g/mol. The molecule has 1 N–H and O–H groups in total. The van der Waals surface area contributed by atoms with Crippen LogP contribution in [0.25, 0.3) is 0 Å². The Hall–Kier alpha value is -1.00. The third-order valence-electron chi connectivity index (χ3n) is 2.74. The average Bonchev–Trinajstić information content (AvgIpc) is 2.77. The van der Waals surface area contributed by atoms with Crippen molar-refractivity contribution >= 4 is 0 Å². The lowest BCUT2D eigenvalue weighted by Gasteiger charge is -2.11. The Balaban J connectivity index is 1.82. The first-order valence-electron chi connectivity index (χ1n) is 5.52. The molecule has 88 valence electrons. The fourth-order valence-corrected chi connectivity index (χ4v) is 1.86. The van der Waals surface area contributed by atoms with E-state index in [-0.39, 0.29) is 6.10 Å². The number of hydrogen-bond donors (Lipinski definition) is 1. The molecule has 1 aliphatic heterocycles. The maximum Gasteiger partial charge on any atom is 0.163 e. The van der Waals surface area contributed by atoms with Crippen LogP contribution in [0.15, 0.2) is 18.2 Å². The molecule has 0 spiro atoms. The van der Waals surface area contributed by atoms with Gasteiger partial charge >= 0.3 is 0 Å². The van der Waals surface area contributed by atoms with E-state index in [0.29, 0.717) is 18.7 Å². The molecule has 16 heavy (non-hydrogen) atoms. The van der Waals surface area contributed by atoms with Crippen molar-refractivity contribution < 1.29 is 13.5 Å². The SMILES string of the molecule is Fc1cccc(CNCC2CCCO2)c1F. The highest BCUT2D eigenvalue weighted by molar-refractivity contribution is 5.18. The Kier molecular flexibility index (Phi) is 3.85. The highest BCUT2D eigenvalue weighted by atomic mass is 19.2. The Morgan fingerprint density at radius 2 is 2.25 bits per heavy atom. The number of ether oxygens (including phenoxy) is 1. The molecule has 1 atom stereocenters. The maximum atomic E-state index is 13.3. The predicted octanol–water partition coefficient (Wildman–Crippen LogP) is 2.23. The molecule has 0 saturated carbocycles. The second kappa shape index (κ2) is 5.37. The molecule has 1 saturated heterocycles. The molecule has 1 aromatic carbocycles. The van der Waals surface area contributed by atoms with Crippen LogP contribution >= 0.6 is 0 Å². The fourth-order valence-electron chi connectivity index (χ4n) is 1.86. The summed E-state index contributed by atoms with van der Waals surface area (Å²) in [5.41, 5.74) is 0.359. The minimum Gasteiger partial charge on any atom is -0.377 e. The molecule has 0 bridgehead atoms. The molecule has 1 fully saturated rings. The van der Waals surface area contributed by atoms with E-state index in [1.807, 2.05) is 0 Å². The molecule has 2 rings (SSSR count). The van der Waals surface area contributed by atoms with Gasteiger partial charge in [-0.25, -0.2) is 8.78 Å². The number of nitrogens with one attached hydrogen (secondary N) is 1. The van der Waals surface area contributed by atoms with E-state index in [0.717, 1.165) is 25.5 Å². The second-order valence-corrected chi connectivity index (χ2v) is 3.98. The van der Waals surface area contributed by atoms with E-state index in [1.165, 1.54) is 6.07 Å². The Labute approximate surface area is 93.6 Å². The number of rotatable bonds is 4. The van der Waals surface area contributed by atoms with Gasteiger partial charge in [0.25, 0.3) is 0 Å². The number of benzene rings is 1. The van der Waals surface area contributed by atoms with Crippen LogP contribution in [0.1, 0.15) is 18.4 Å². The minimum atomic E-state index is -0.795. The van der Waals surface area contributed by atoms with Gasteiger partial charge in [-0.15, -0.1) is 0 Å². The van der Waals surface area contributed by atoms with Gasteiger partial charge in [0.15, 0.2) is 11.6 Å². The summed E-state index contributed by atoms with van der Waals surface area (Å²) in [5, 5.41) is 3.08. The van der Waals surface area contributed by atoms with Gasteiger partial charge in [-0.1, -0.05) is 12.1 Å². The van der Waals surface area contributed by atoms with Crippen LogP contribution in [-0.4, -0.2) is 19.3 Å². The second-order valence-electron chi connectivity index (χ2n) is 3.98. The first kappa shape index (κ1) is 11.5. The van der Waals surface area contributed by atoms with Crippen molar-refractivity contribution in [2.45, 2.75) is 25.5 Å². The first-order valence-corrected chi connectivity index (χ1v) is 5.52. The summed E-state index contributed by atoms with van der Waals surface area (Å²) in [6.45, 7) is 1.83. The lowest BCUT2D eigenvalue weighted by Crippen LogP contribution is -2.26. The lowest BCUT2D eigenvalue weighted by atomic mass is 10.2.